The van der Waals surface area contributed by atoms with Crippen molar-refractivity contribution in [2.24, 2.45) is 0 Å². The first-order valence-electron chi connectivity index (χ1n) is 7.10. The molecule has 1 aromatic carbocycles. The smallest absolute Gasteiger partial charge is 0.354 e. The monoisotopic (exact) mass is 330 g/mol. The van der Waals surface area contributed by atoms with Crippen LogP contribution in [-0.4, -0.2) is 27.6 Å². The van der Waals surface area contributed by atoms with Crippen LogP contribution in [0.1, 0.15) is 21.6 Å². The van der Waals surface area contributed by atoms with Crippen LogP contribution >= 0.6 is 11.6 Å². The first-order chi connectivity index (χ1) is 11.1. The third-order valence-corrected chi connectivity index (χ3v) is 3.95. The lowest BCUT2D eigenvalue weighted by Gasteiger charge is -2.09. The van der Waals surface area contributed by atoms with Crippen LogP contribution in [0.25, 0.3) is 5.65 Å². The number of hydrogen-bond donors (Lipinski definition) is 1. The van der Waals surface area contributed by atoms with Gasteiger partial charge in [0.2, 0.25) is 0 Å². The number of ether oxygens (including phenoxy) is 1. The van der Waals surface area contributed by atoms with E-state index in [-0.39, 0.29) is 5.69 Å². The van der Waals surface area contributed by atoms with Crippen molar-refractivity contribution in [1.82, 2.24) is 9.38 Å². The number of rotatable bonds is 5. The second-order valence-corrected chi connectivity index (χ2v) is 5.61. The number of carboxylic acid groups (broad SMARTS) is 1. The summed E-state index contributed by atoms with van der Waals surface area (Å²) in [6.45, 7) is 0. The molecule has 0 unspecified atom stereocenters. The zero-order chi connectivity index (χ0) is 16.4. The minimum absolute atomic E-state index is 0.155. The second-order valence-electron chi connectivity index (χ2n) is 5.17. The Labute approximate surface area is 138 Å². The summed E-state index contributed by atoms with van der Waals surface area (Å²) in [5.41, 5.74) is 2.80. The van der Waals surface area contributed by atoms with E-state index in [1.807, 2.05) is 30.5 Å². The van der Waals surface area contributed by atoms with Crippen LogP contribution in [0, 0.1) is 0 Å². The van der Waals surface area contributed by atoms with E-state index in [9.17, 15) is 9.90 Å². The zero-order valence-corrected chi connectivity index (χ0v) is 13.2. The van der Waals surface area contributed by atoms with E-state index in [2.05, 4.69) is 4.98 Å². The molecule has 2 aromatic heterocycles. The number of hydrogen-bond acceptors (Lipinski definition) is 3. The van der Waals surface area contributed by atoms with E-state index in [1.165, 1.54) is 6.20 Å². The van der Waals surface area contributed by atoms with E-state index in [1.54, 1.807) is 17.6 Å². The Morgan fingerprint density at radius 2 is 2.13 bits per heavy atom. The summed E-state index contributed by atoms with van der Waals surface area (Å²) in [7, 11) is 1.63. The summed E-state index contributed by atoms with van der Waals surface area (Å²) in [6.07, 6.45) is 4.65. The number of benzene rings is 1. The quantitative estimate of drug-likeness (QED) is 0.778. The van der Waals surface area contributed by atoms with E-state index >= 15 is 0 Å². The van der Waals surface area contributed by atoms with E-state index < -0.39 is 5.97 Å². The molecule has 0 radical (unpaired) electrons. The van der Waals surface area contributed by atoms with Gasteiger partial charge in [0.1, 0.15) is 11.4 Å². The standard InChI is InChI=1S/C17H15ClN2O3/c1-23-15-6-5-13(18)8-12(15)4-2-11-3-7-16-19-9-14(17(21)22)20(16)10-11/h3,5-10H,2,4H2,1H3,(H,21,22). The molecule has 0 aliphatic carbocycles. The van der Waals surface area contributed by atoms with E-state index in [0.717, 1.165) is 29.7 Å². The molecule has 23 heavy (non-hydrogen) atoms. The minimum atomic E-state index is -0.994. The van der Waals surface area contributed by atoms with E-state index in [4.69, 9.17) is 16.3 Å². The van der Waals surface area contributed by atoms with Gasteiger partial charge in [-0.2, -0.15) is 0 Å². The lowest BCUT2D eigenvalue weighted by Crippen LogP contribution is -2.03. The Balaban J connectivity index is 1.86. The van der Waals surface area contributed by atoms with Crippen molar-refractivity contribution < 1.29 is 14.6 Å². The van der Waals surface area contributed by atoms with Crippen LogP contribution in [0.3, 0.4) is 0 Å². The van der Waals surface area contributed by atoms with Gasteiger partial charge in [0.25, 0.3) is 0 Å². The normalized spacial score (nSPS) is 10.9. The highest BCUT2D eigenvalue weighted by atomic mass is 35.5. The molecule has 3 rings (SSSR count). The Bertz CT molecular complexity index is 873. The van der Waals surface area contributed by atoms with Crippen LogP contribution in [0.15, 0.2) is 42.7 Å². The maximum absolute atomic E-state index is 11.2. The molecule has 0 amide bonds. The van der Waals surface area contributed by atoms with Crippen molar-refractivity contribution in [3.8, 4) is 5.75 Å². The van der Waals surface area contributed by atoms with Crippen molar-refractivity contribution in [3.05, 3.63) is 64.6 Å². The topological polar surface area (TPSA) is 63.8 Å². The molecule has 0 aliphatic rings. The van der Waals surface area contributed by atoms with Crippen molar-refractivity contribution in [2.75, 3.05) is 7.11 Å². The first-order valence-corrected chi connectivity index (χ1v) is 7.48. The fraction of sp³-hybridized carbons (Fsp3) is 0.176. The average molecular weight is 331 g/mol. The van der Waals surface area contributed by atoms with Gasteiger partial charge in [-0.05, 0) is 48.2 Å². The van der Waals surface area contributed by atoms with Gasteiger partial charge in [-0.15, -0.1) is 0 Å². The van der Waals surface area contributed by atoms with Crippen molar-refractivity contribution in [1.29, 1.82) is 0 Å². The number of imidazole rings is 1. The number of carbonyl (C=O) groups is 1. The summed E-state index contributed by atoms with van der Waals surface area (Å²) < 4.78 is 6.94. The third-order valence-electron chi connectivity index (χ3n) is 3.71. The highest BCUT2D eigenvalue weighted by Crippen LogP contribution is 2.24. The largest absolute Gasteiger partial charge is 0.496 e. The Kier molecular flexibility index (Phi) is 4.21. The Morgan fingerprint density at radius 1 is 1.30 bits per heavy atom. The molecular formula is C17H15ClN2O3. The zero-order valence-electron chi connectivity index (χ0n) is 12.5. The molecule has 0 aliphatic heterocycles. The Hall–Kier alpha value is -2.53. The highest BCUT2D eigenvalue weighted by Gasteiger charge is 2.11. The highest BCUT2D eigenvalue weighted by molar-refractivity contribution is 6.30. The van der Waals surface area contributed by atoms with Crippen molar-refractivity contribution >= 4 is 23.2 Å². The van der Waals surface area contributed by atoms with Gasteiger partial charge in [-0.25, -0.2) is 9.78 Å². The molecule has 0 fully saturated rings. The van der Waals surface area contributed by atoms with Gasteiger partial charge in [0.05, 0.1) is 13.3 Å². The van der Waals surface area contributed by atoms with Crippen LogP contribution in [0.4, 0.5) is 0 Å². The molecule has 0 atom stereocenters. The third kappa shape index (κ3) is 3.14. The Morgan fingerprint density at radius 3 is 2.87 bits per heavy atom. The number of aromatic nitrogens is 2. The molecule has 1 N–H and O–H groups in total. The van der Waals surface area contributed by atoms with Crippen LogP contribution in [-0.2, 0) is 12.8 Å². The molecule has 3 aromatic rings. The van der Waals surface area contributed by atoms with Gasteiger partial charge >= 0.3 is 5.97 Å². The van der Waals surface area contributed by atoms with Gasteiger partial charge in [-0.3, -0.25) is 4.40 Å². The molecule has 0 saturated heterocycles. The number of carboxylic acids is 1. The second kappa shape index (κ2) is 6.30. The molecule has 5 nitrogen and oxygen atoms in total. The number of nitrogens with zero attached hydrogens (tertiary/aromatic N) is 2. The number of aromatic carboxylic acids is 1. The van der Waals surface area contributed by atoms with Gasteiger partial charge in [-0.1, -0.05) is 17.7 Å². The van der Waals surface area contributed by atoms with E-state index in [0.29, 0.717) is 10.7 Å². The SMILES string of the molecule is COc1ccc(Cl)cc1CCc1ccc2ncc(C(=O)O)n2c1. The molecule has 0 saturated carbocycles. The molecular weight excluding hydrogens is 316 g/mol. The maximum Gasteiger partial charge on any atom is 0.354 e. The fourth-order valence-electron chi connectivity index (χ4n) is 2.55. The number of methoxy groups -OCH3 is 1. The summed E-state index contributed by atoms with van der Waals surface area (Å²) in [5.74, 6) is -0.199. The van der Waals surface area contributed by atoms with Crippen LogP contribution < -0.4 is 4.74 Å². The number of pyridine rings is 1. The number of fused-ring (bicyclic) bond motifs is 1. The number of halogens is 1. The van der Waals surface area contributed by atoms with Gasteiger partial charge in [0, 0.05) is 11.2 Å². The maximum atomic E-state index is 11.2. The summed E-state index contributed by atoms with van der Waals surface area (Å²) in [4.78, 5) is 15.3. The summed E-state index contributed by atoms with van der Waals surface area (Å²) in [5, 5.41) is 9.84. The lowest BCUT2D eigenvalue weighted by atomic mass is 10.0. The molecule has 2 heterocycles. The predicted octanol–water partition coefficient (Wildman–Crippen LogP) is 3.48. The van der Waals surface area contributed by atoms with Gasteiger partial charge in [0.15, 0.2) is 5.69 Å². The fourth-order valence-corrected chi connectivity index (χ4v) is 2.75. The molecule has 0 bridgehead atoms. The predicted molar refractivity (Wildman–Crippen MR) is 87.6 cm³/mol. The van der Waals surface area contributed by atoms with Crippen molar-refractivity contribution in [3.63, 3.8) is 0 Å². The van der Waals surface area contributed by atoms with Crippen LogP contribution in [0.2, 0.25) is 5.02 Å². The first kappa shape index (κ1) is 15.4. The van der Waals surface area contributed by atoms with Gasteiger partial charge < -0.3 is 9.84 Å². The minimum Gasteiger partial charge on any atom is -0.496 e. The lowest BCUT2D eigenvalue weighted by molar-refractivity contribution is 0.0689. The molecule has 6 heteroatoms. The summed E-state index contributed by atoms with van der Waals surface area (Å²) in [6, 6.07) is 9.29. The summed E-state index contributed by atoms with van der Waals surface area (Å²) >= 11 is 6.04. The molecule has 118 valence electrons. The average Bonchev–Trinajstić information content (AvgIpc) is 2.96. The number of aryl methyl sites for hydroxylation is 2. The van der Waals surface area contributed by atoms with Crippen molar-refractivity contribution in [2.45, 2.75) is 12.8 Å². The van der Waals surface area contributed by atoms with Crippen LogP contribution in [0.5, 0.6) is 5.75 Å². The molecule has 0 spiro atoms.